The van der Waals surface area contributed by atoms with Gasteiger partial charge in [-0.3, -0.25) is 9.69 Å². The van der Waals surface area contributed by atoms with E-state index in [0.717, 1.165) is 29.4 Å². The maximum absolute atomic E-state index is 14.9. The van der Waals surface area contributed by atoms with Crippen LogP contribution in [0.4, 0.5) is 8.78 Å². The number of benzene rings is 2. The van der Waals surface area contributed by atoms with Crippen molar-refractivity contribution in [1.82, 2.24) is 39.4 Å². The Labute approximate surface area is 293 Å². The van der Waals surface area contributed by atoms with Crippen LogP contribution >= 0.6 is 11.6 Å². The summed E-state index contributed by atoms with van der Waals surface area (Å²) in [5, 5.41) is 12.5. The summed E-state index contributed by atoms with van der Waals surface area (Å²) >= 11 is 6.48. The molecule has 3 heterocycles. The lowest BCUT2D eigenvalue weighted by molar-refractivity contribution is -0.134. The van der Waals surface area contributed by atoms with Crippen LogP contribution in [0.2, 0.25) is 5.02 Å². The van der Waals surface area contributed by atoms with E-state index in [1.54, 1.807) is 17.1 Å². The van der Waals surface area contributed by atoms with Gasteiger partial charge in [-0.05, 0) is 60.8 Å². The van der Waals surface area contributed by atoms with Crippen molar-refractivity contribution in [3.8, 4) is 16.9 Å². The molecular formula is C33H37ClF2N10O3S. The number of alkyl halides is 2. The molecule has 2 aliphatic carbocycles. The van der Waals surface area contributed by atoms with E-state index in [4.69, 9.17) is 22.3 Å². The first-order valence-corrected chi connectivity index (χ1v) is 18.3. The molecule has 3 N–H and O–H groups in total. The number of nitrogens with zero attached hydrogens (tertiary/aromatic N) is 8. The van der Waals surface area contributed by atoms with Crippen molar-refractivity contribution in [3.05, 3.63) is 77.0 Å². The summed E-state index contributed by atoms with van der Waals surface area (Å²) in [6.07, 6.45) is 3.20. The van der Waals surface area contributed by atoms with Crippen LogP contribution in [-0.2, 0) is 20.4 Å². The highest BCUT2D eigenvalue weighted by molar-refractivity contribution is 7.90. The first kappa shape index (κ1) is 34.2. The van der Waals surface area contributed by atoms with Gasteiger partial charge in [-0.25, -0.2) is 36.6 Å². The molecule has 7 rings (SSSR count). The third-order valence-electron chi connectivity index (χ3n) is 9.06. The molecule has 264 valence electrons. The van der Waals surface area contributed by atoms with Crippen LogP contribution in [0.5, 0.6) is 0 Å². The minimum absolute atomic E-state index is 0.0735. The maximum atomic E-state index is 14.9. The Morgan fingerprint density at radius 2 is 1.80 bits per heavy atom. The van der Waals surface area contributed by atoms with Crippen molar-refractivity contribution in [2.45, 2.75) is 82.2 Å². The van der Waals surface area contributed by atoms with Crippen LogP contribution in [0.1, 0.15) is 88.3 Å². The highest BCUT2D eigenvalue weighted by Crippen LogP contribution is 2.45. The number of carbonyl (C=O) groups excluding carboxylic acids is 1. The van der Waals surface area contributed by atoms with E-state index in [1.807, 2.05) is 45.0 Å². The molecule has 2 atom stereocenters. The Hall–Kier alpha value is -4.28. The van der Waals surface area contributed by atoms with Gasteiger partial charge in [-0.1, -0.05) is 62.7 Å². The molecule has 4 aromatic rings. The van der Waals surface area contributed by atoms with Gasteiger partial charge in [0.1, 0.15) is 12.0 Å². The van der Waals surface area contributed by atoms with Crippen molar-refractivity contribution < 1.29 is 22.0 Å². The highest BCUT2D eigenvalue weighted by Gasteiger charge is 2.53. The molecule has 3 aliphatic rings. The summed E-state index contributed by atoms with van der Waals surface area (Å²) in [6, 6.07) is 11.2. The van der Waals surface area contributed by atoms with Gasteiger partial charge >= 0.3 is 0 Å². The molecule has 17 heteroatoms. The Morgan fingerprint density at radius 1 is 1.08 bits per heavy atom. The number of sulfonamides is 1. The molecule has 0 saturated heterocycles. The third-order valence-corrected chi connectivity index (χ3v) is 11.3. The van der Waals surface area contributed by atoms with Crippen LogP contribution in [0.25, 0.3) is 16.9 Å². The number of hydrogen-bond donors (Lipinski definition) is 2. The molecule has 13 nitrogen and oxygen atoms in total. The van der Waals surface area contributed by atoms with E-state index in [-0.39, 0.29) is 29.6 Å². The fourth-order valence-electron chi connectivity index (χ4n) is 6.41. The van der Waals surface area contributed by atoms with Crippen LogP contribution < -0.4 is 10.5 Å². The maximum Gasteiger partial charge on any atom is 0.297 e. The van der Waals surface area contributed by atoms with Crippen LogP contribution in [-0.4, -0.2) is 66.7 Å². The molecular weight excluding hydrogens is 690 g/mol. The van der Waals surface area contributed by atoms with Gasteiger partial charge < -0.3 is 5.73 Å². The predicted octanol–water partition coefficient (Wildman–Crippen LogP) is 5.06. The molecule has 1 amide bonds. The summed E-state index contributed by atoms with van der Waals surface area (Å²) in [7, 11) is -3.71. The molecule has 0 radical (unpaired) electrons. The second-order valence-electron chi connectivity index (χ2n) is 14.3. The Morgan fingerprint density at radius 3 is 2.44 bits per heavy atom. The fourth-order valence-corrected chi connectivity index (χ4v) is 7.99. The quantitative estimate of drug-likeness (QED) is 0.204. The summed E-state index contributed by atoms with van der Waals surface area (Å²) in [6.45, 7) is 5.72. The number of carbonyl (C=O) groups is 1. The predicted molar refractivity (Wildman–Crippen MR) is 182 cm³/mol. The highest BCUT2D eigenvalue weighted by atomic mass is 35.5. The monoisotopic (exact) mass is 726 g/mol. The lowest BCUT2D eigenvalue weighted by Crippen LogP contribution is -2.49. The van der Waals surface area contributed by atoms with Gasteiger partial charge in [0.05, 0.1) is 34.2 Å². The molecule has 0 spiro atoms. The number of nitrogens with two attached hydrogens (primary N) is 1. The van der Waals surface area contributed by atoms with E-state index >= 15 is 0 Å². The summed E-state index contributed by atoms with van der Waals surface area (Å²) in [5.74, 6) is -1.20. The number of hydrogen-bond acceptors (Lipinski definition) is 9. The van der Waals surface area contributed by atoms with Crippen molar-refractivity contribution in [2.75, 3.05) is 6.54 Å². The number of nitrogens with one attached hydrogen (secondary N) is 1. The van der Waals surface area contributed by atoms with E-state index in [1.165, 1.54) is 17.0 Å². The molecule has 2 aromatic carbocycles. The fraction of sp³-hybridized carbons (Fsp3) is 0.455. The third kappa shape index (κ3) is 6.51. The largest absolute Gasteiger partial charge is 0.369 e. The van der Waals surface area contributed by atoms with Crippen LogP contribution in [0.3, 0.4) is 0 Å². The van der Waals surface area contributed by atoms with E-state index in [9.17, 15) is 22.0 Å². The molecule has 1 aliphatic heterocycles. The van der Waals surface area contributed by atoms with Gasteiger partial charge in [0, 0.05) is 12.1 Å². The van der Waals surface area contributed by atoms with E-state index < -0.39 is 50.4 Å². The SMILES string of the molecule is CC(C)(C)C[C@]1(c2ccc(-c3cnn(C4CC4)n3)cc2)N=C(N)N([C@H](CNS(=O)(=O)C2CC2)c2ccc(Cl)c(-n3ncnc3C(F)F)c2)C1=O. The van der Waals surface area contributed by atoms with E-state index in [0.29, 0.717) is 35.7 Å². The average molecular weight is 727 g/mol. The van der Waals surface area contributed by atoms with Crippen molar-refractivity contribution >= 4 is 33.5 Å². The van der Waals surface area contributed by atoms with Crippen molar-refractivity contribution in [3.63, 3.8) is 0 Å². The second-order valence-corrected chi connectivity index (χ2v) is 16.7. The standard InChI is InChI=1S/C33H37ClF2N10O3S/c1-32(2,3)17-33(21-7-4-19(5-8-21)25-15-39-46(43-25)22-9-10-22)30(47)44(31(37)42-33)27(16-41-50(48,49)23-11-12-23)20-6-13-24(34)26(14-20)45-29(28(35)36)38-18-40-45/h4-8,13-15,18,22-23,27-28,41H,9-12,16-17H2,1-3H3,(H2,37,42)/t27-,33-/m1/s1. The van der Waals surface area contributed by atoms with Gasteiger partial charge in [0.25, 0.3) is 12.3 Å². The number of halogens is 3. The van der Waals surface area contributed by atoms with Gasteiger partial charge in [0.2, 0.25) is 10.0 Å². The molecule has 0 bridgehead atoms. The smallest absolute Gasteiger partial charge is 0.297 e. The number of aromatic nitrogens is 6. The zero-order chi connectivity index (χ0) is 35.6. The Kier molecular flexibility index (Phi) is 8.54. The minimum Gasteiger partial charge on any atom is -0.369 e. The van der Waals surface area contributed by atoms with Gasteiger partial charge in [-0.2, -0.15) is 20.1 Å². The van der Waals surface area contributed by atoms with Crippen LogP contribution in [0, 0.1) is 5.41 Å². The summed E-state index contributed by atoms with van der Waals surface area (Å²) < 4.78 is 57.3. The topological polar surface area (TPSA) is 166 Å². The molecule has 2 aromatic heterocycles. The van der Waals surface area contributed by atoms with Crippen molar-refractivity contribution in [1.29, 1.82) is 0 Å². The lowest BCUT2D eigenvalue weighted by Gasteiger charge is -2.35. The Bertz CT molecular complexity index is 2070. The average Bonchev–Trinajstić information content (AvgIpc) is 3.98. The molecule has 50 heavy (non-hydrogen) atoms. The van der Waals surface area contributed by atoms with Crippen LogP contribution in [0.15, 0.2) is 60.0 Å². The first-order valence-electron chi connectivity index (χ1n) is 16.3. The number of guanidine groups is 1. The summed E-state index contributed by atoms with van der Waals surface area (Å²) in [4.78, 5) is 26.5. The molecule has 0 unspecified atom stereocenters. The molecule has 2 saturated carbocycles. The van der Waals surface area contributed by atoms with Crippen molar-refractivity contribution in [2.24, 2.45) is 16.1 Å². The number of rotatable bonds is 12. The van der Waals surface area contributed by atoms with E-state index in [2.05, 4.69) is 25.0 Å². The minimum atomic E-state index is -3.71. The normalized spacial score (nSPS) is 20.5. The zero-order valence-electron chi connectivity index (χ0n) is 27.7. The lowest BCUT2D eigenvalue weighted by atomic mass is 9.75. The Balaban J connectivity index is 1.29. The van der Waals surface area contributed by atoms with Gasteiger partial charge in [-0.15, -0.1) is 0 Å². The zero-order valence-corrected chi connectivity index (χ0v) is 29.2. The first-order chi connectivity index (χ1) is 23.7. The number of amides is 1. The second kappa shape index (κ2) is 12.5. The number of aliphatic imine (C=N–C) groups is 1. The van der Waals surface area contributed by atoms with Gasteiger partial charge in [0.15, 0.2) is 17.3 Å². The molecule has 2 fully saturated rings. The summed E-state index contributed by atoms with van der Waals surface area (Å²) in [5.41, 5.74) is 7.35.